The van der Waals surface area contributed by atoms with Gasteiger partial charge in [0, 0.05) is 50.5 Å². The summed E-state index contributed by atoms with van der Waals surface area (Å²) in [4.78, 5) is 37.1. The molecule has 1 aliphatic rings. The molecule has 4 rings (SSSR count). The largest absolute Gasteiger partial charge is 0.456 e. The molecule has 206 valence electrons. The number of piperazine rings is 1. The SMILES string of the molecule is C#CCN(Cc1cc2c(=O)n(C)c(CN3CCN(C)CC3)nc2cc1Cl)c1ccc(C(=O)OC(C)(C)C)cc1. The Morgan fingerprint density at radius 2 is 1.79 bits per heavy atom. The van der Waals surface area contributed by atoms with Crippen LogP contribution in [0.1, 0.15) is 42.5 Å². The van der Waals surface area contributed by atoms with Crippen molar-refractivity contribution in [3.63, 3.8) is 0 Å². The van der Waals surface area contributed by atoms with Crippen molar-refractivity contribution in [3.05, 3.63) is 68.7 Å². The Morgan fingerprint density at radius 3 is 2.41 bits per heavy atom. The van der Waals surface area contributed by atoms with Crippen LogP contribution in [0.3, 0.4) is 0 Å². The van der Waals surface area contributed by atoms with Crippen LogP contribution in [0.25, 0.3) is 10.9 Å². The normalized spacial score (nSPS) is 14.8. The van der Waals surface area contributed by atoms with Crippen molar-refractivity contribution in [3.8, 4) is 12.3 Å². The van der Waals surface area contributed by atoms with Gasteiger partial charge in [0.15, 0.2) is 0 Å². The first-order valence-corrected chi connectivity index (χ1v) is 13.4. The Labute approximate surface area is 235 Å². The van der Waals surface area contributed by atoms with Gasteiger partial charge in [-0.3, -0.25) is 14.3 Å². The van der Waals surface area contributed by atoms with Gasteiger partial charge in [-0.1, -0.05) is 17.5 Å². The number of fused-ring (bicyclic) bond motifs is 1. The van der Waals surface area contributed by atoms with E-state index in [1.165, 1.54) is 0 Å². The molecule has 2 aromatic carbocycles. The fourth-order valence-electron chi connectivity index (χ4n) is 4.55. The summed E-state index contributed by atoms with van der Waals surface area (Å²) < 4.78 is 7.09. The number of carbonyl (C=O) groups is 1. The first-order chi connectivity index (χ1) is 18.4. The third kappa shape index (κ3) is 6.99. The molecular formula is C30H36ClN5O3. The lowest BCUT2D eigenvalue weighted by molar-refractivity contribution is 0.00695. The third-order valence-electron chi connectivity index (χ3n) is 6.81. The molecule has 0 unspecified atom stereocenters. The lowest BCUT2D eigenvalue weighted by atomic mass is 10.1. The number of nitrogens with zero attached hydrogens (tertiary/aromatic N) is 5. The molecule has 1 fully saturated rings. The Morgan fingerprint density at radius 1 is 1.13 bits per heavy atom. The average Bonchev–Trinajstić information content (AvgIpc) is 2.88. The maximum atomic E-state index is 13.4. The van der Waals surface area contributed by atoms with Crippen molar-refractivity contribution in [1.82, 2.24) is 19.4 Å². The summed E-state index contributed by atoms with van der Waals surface area (Å²) in [5.41, 5.74) is 1.95. The molecule has 0 amide bonds. The standard InChI is InChI=1S/C30H36ClN5O3/c1-7-12-36(23-10-8-21(9-11-23)29(38)39-30(2,3)4)19-22-17-24-26(18-25(22)31)32-27(34(6)28(24)37)20-35-15-13-33(5)14-16-35/h1,8-11,17-18H,12-16,19-20H2,2-6H3. The minimum atomic E-state index is -0.574. The monoisotopic (exact) mass is 549 g/mol. The van der Waals surface area contributed by atoms with E-state index < -0.39 is 5.60 Å². The van der Waals surface area contributed by atoms with Gasteiger partial charge in [-0.15, -0.1) is 6.42 Å². The summed E-state index contributed by atoms with van der Waals surface area (Å²) in [5.74, 6) is 3.02. The molecular weight excluding hydrogens is 514 g/mol. The second-order valence-electron chi connectivity index (χ2n) is 11.0. The van der Waals surface area contributed by atoms with E-state index in [4.69, 9.17) is 27.7 Å². The number of ether oxygens (including phenoxy) is 1. The first-order valence-electron chi connectivity index (χ1n) is 13.1. The summed E-state index contributed by atoms with van der Waals surface area (Å²) in [6, 6.07) is 10.7. The maximum Gasteiger partial charge on any atom is 0.338 e. The third-order valence-corrected chi connectivity index (χ3v) is 7.16. The van der Waals surface area contributed by atoms with E-state index in [0.717, 1.165) is 43.3 Å². The van der Waals surface area contributed by atoms with Gasteiger partial charge >= 0.3 is 5.97 Å². The number of likely N-dealkylation sites (N-methyl/N-ethyl adjacent to an activating group) is 1. The lowest BCUT2D eigenvalue weighted by Crippen LogP contribution is -2.44. The van der Waals surface area contributed by atoms with Gasteiger partial charge < -0.3 is 14.5 Å². The van der Waals surface area contributed by atoms with E-state index in [9.17, 15) is 9.59 Å². The average molecular weight is 550 g/mol. The van der Waals surface area contributed by atoms with Crippen molar-refractivity contribution in [1.29, 1.82) is 0 Å². The lowest BCUT2D eigenvalue weighted by Gasteiger charge is -2.32. The highest BCUT2D eigenvalue weighted by Crippen LogP contribution is 2.26. The van der Waals surface area contributed by atoms with Crippen molar-refractivity contribution in [2.24, 2.45) is 7.05 Å². The summed E-state index contributed by atoms with van der Waals surface area (Å²) in [5, 5.41) is 1.03. The zero-order valence-electron chi connectivity index (χ0n) is 23.3. The molecule has 0 aliphatic carbocycles. The molecule has 0 bridgehead atoms. The van der Waals surface area contributed by atoms with Crippen LogP contribution >= 0.6 is 11.6 Å². The van der Waals surface area contributed by atoms with E-state index in [-0.39, 0.29) is 11.5 Å². The summed E-state index contributed by atoms with van der Waals surface area (Å²) >= 11 is 6.71. The highest BCUT2D eigenvalue weighted by molar-refractivity contribution is 6.32. The molecule has 1 aromatic heterocycles. The van der Waals surface area contributed by atoms with Crippen LogP contribution in [-0.4, -0.2) is 70.7 Å². The fraction of sp³-hybridized carbons (Fsp3) is 0.433. The van der Waals surface area contributed by atoms with Crippen LogP contribution < -0.4 is 10.5 Å². The fourth-order valence-corrected chi connectivity index (χ4v) is 4.77. The number of carbonyl (C=O) groups excluding carboxylic acids is 1. The molecule has 9 heteroatoms. The van der Waals surface area contributed by atoms with Gasteiger partial charge in [-0.25, -0.2) is 9.78 Å². The quantitative estimate of drug-likeness (QED) is 0.327. The van der Waals surface area contributed by atoms with Gasteiger partial charge in [-0.05, 0) is 69.8 Å². The topological polar surface area (TPSA) is 70.9 Å². The van der Waals surface area contributed by atoms with Gasteiger partial charge in [-0.2, -0.15) is 0 Å². The number of anilines is 1. The molecule has 39 heavy (non-hydrogen) atoms. The van der Waals surface area contributed by atoms with Gasteiger partial charge in [0.05, 0.1) is 29.6 Å². The van der Waals surface area contributed by atoms with Crippen LogP contribution in [0.15, 0.2) is 41.2 Å². The number of hydrogen-bond donors (Lipinski definition) is 0. The molecule has 1 aliphatic heterocycles. The van der Waals surface area contributed by atoms with Crippen LogP contribution in [0.4, 0.5) is 5.69 Å². The maximum absolute atomic E-state index is 13.4. The molecule has 0 saturated carbocycles. The first kappa shape index (κ1) is 28.6. The minimum absolute atomic E-state index is 0.104. The Bertz CT molecular complexity index is 1450. The van der Waals surface area contributed by atoms with Gasteiger partial charge in [0.2, 0.25) is 0 Å². The summed E-state index contributed by atoms with van der Waals surface area (Å²) in [7, 11) is 3.89. The minimum Gasteiger partial charge on any atom is -0.456 e. The van der Waals surface area contributed by atoms with Crippen LogP contribution in [0.5, 0.6) is 0 Å². The van der Waals surface area contributed by atoms with Gasteiger partial charge in [0.1, 0.15) is 11.4 Å². The number of benzene rings is 2. The molecule has 0 atom stereocenters. The number of halogens is 1. The molecule has 3 aromatic rings. The zero-order valence-corrected chi connectivity index (χ0v) is 24.1. The smallest absolute Gasteiger partial charge is 0.338 e. The zero-order chi connectivity index (χ0) is 28.3. The van der Waals surface area contributed by atoms with E-state index >= 15 is 0 Å². The van der Waals surface area contributed by atoms with Gasteiger partial charge in [0.25, 0.3) is 5.56 Å². The number of terminal acetylenes is 1. The van der Waals surface area contributed by atoms with Crippen LogP contribution in [0.2, 0.25) is 5.02 Å². The van der Waals surface area contributed by atoms with E-state index in [1.807, 2.05) is 43.9 Å². The molecule has 2 heterocycles. The molecule has 8 nitrogen and oxygen atoms in total. The molecule has 0 N–H and O–H groups in total. The molecule has 0 spiro atoms. The Kier molecular flexibility index (Phi) is 8.65. The van der Waals surface area contributed by atoms with E-state index in [2.05, 4.69) is 22.8 Å². The summed E-state index contributed by atoms with van der Waals surface area (Å²) in [6.07, 6.45) is 5.67. The second-order valence-corrected chi connectivity index (χ2v) is 11.4. The second kappa shape index (κ2) is 11.8. The number of aromatic nitrogens is 2. The highest BCUT2D eigenvalue weighted by Gasteiger charge is 2.20. The number of rotatable bonds is 7. The number of hydrogen-bond acceptors (Lipinski definition) is 7. The summed E-state index contributed by atoms with van der Waals surface area (Å²) in [6.45, 7) is 10.7. The van der Waals surface area contributed by atoms with Crippen molar-refractivity contribution in [2.45, 2.75) is 39.5 Å². The van der Waals surface area contributed by atoms with Crippen LogP contribution in [0, 0.1) is 12.3 Å². The predicted octanol–water partition coefficient (Wildman–Crippen LogP) is 3.93. The van der Waals surface area contributed by atoms with Crippen molar-refractivity contribution < 1.29 is 9.53 Å². The Hall–Kier alpha value is -3.38. The number of esters is 1. The molecule has 0 radical (unpaired) electrons. The van der Waals surface area contributed by atoms with Crippen molar-refractivity contribution in [2.75, 3.05) is 44.7 Å². The van der Waals surface area contributed by atoms with E-state index in [0.29, 0.717) is 41.1 Å². The van der Waals surface area contributed by atoms with Crippen LogP contribution in [-0.2, 0) is 24.9 Å². The molecule has 1 saturated heterocycles. The predicted molar refractivity (Wildman–Crippen MR) is 156 cm³/mol. The Balaban J connectivity index is 1.58. The van der Waals surface area contributed by atoms with Crippen molar-refractivity contribution >= 4 is 34.2 Å². The highest BCUT2D eigenvalue weighted by atomic mass is 35.5. The van der Waals surface area contributed by atoms with E-state index in [1.54, 1.807) is 29.8 Å².